The molecule has 0 aliphatic rings. The molecule has 0 amide bonds. The maximum Gasteiger partial charge on any atom is 0.0900 e. The molecular formula is C14H23N5S. The molecule has 2 aromatic rings. The van der Waals surface area contributed by atoms with E-state index in [1.165, 1.54) is 10.6 Å². The van der Waals surface area contributed by atoms with Gasteiger partial charge < -0.3 is 0 Å². The smallest absolute Gasteiger partial charge is 0.0900 e. The van der Waals surface area contributed by atoms with Crippen molar-refractivity contribution >= 4 is 11.3 Å². The highest BCUT2D eigenvalue weighted by molar-refractivity contribution is 7.11. The summed E-state index contributed by atoms with van der Waals surface area (Å²) in [5.74, 6) is 5.76. The number of nitrogens with two attached hydrogens (primary N) is 1. The van der Waals surface area contributed by atoms with Gasteiger partial charge in [-0.2, -0.15) is 5.10 Å². The van der Waals surface area contributed by atoms with Gasteiger partial charge in [-0.25, -0.2) is 4.98 Å². The molecule has 0 bridgehead atoms. The van der Waals surface area contributed by atoms with Crippen molar-refractivity contribution in [1.82, 2.24) is 20.2 Å². The first-order valence-corrected chi connectivity index (χ1v) is 7.86. The topological polar surface area (TPSA) is 68.8 Å². The molecule has 0 aliphatic heterocycles. The second kappa shape index (κ2) is 6.47. The summed E-state index contributed by atoms with van der Waals surface area (Å²) in [6.07, 6.45) is 1.79. The highest BCUT2D eigenvalue weighted by atomic mass is 32.1. The summed E-state index contributed by atoms with van der Waals surface area (Å²) in [5, 5.41) is 5.67. The Kier molecular flexibility index (Phi) is 4.91. The van der Waals surface area contributed by atoms with Crippen LogP contribution in [-0.2, 0) is 19.4 Å². The Labute approximate surface area is 124 Å². The van der Waals surface area contributed by atoms with Crippen molar-refractivity contribution in [2.45, 2.75) is 53.1 Å². The number of aromatic nitrogens is 3. The molecule has 2 aromatic heterocycles. The molecule has 110 valence electrons. The van der Waals surface area contributed by atoms with Gasteiger partial charge in [-0.3, -0.25) is 16.0 Å². The third-order valence-electron chi connectivity index (χ3n) is 3.45. The Morgan fingerprint density at radius 1 is 1.40 bits per heavy atom. The highest BCUT2D eigenvalue weighted by Gasteiger charge is 2.19. The lowest BCUT2D eigenvalue weighted by molar-refractivity contribution is 0.520. The zero-order chi connectivity index (χ0) is 14.7. The number of nitrogens with zero attached hydrogens (tertiary/aromatic N) is 3. The minimum absolute atomic E-state index is 0.0907. The van der Waals surface area contributed by atoms with E-state index < -0.39 is 0 Å². The number of rotatable bonds is 6. The lowest BCUT2D eigenvalue weighted by Crippen LogP contribution is -2.30. The van der Waals surface area contributed by atoms with Crippen LogP contribution in [0.4, 0.5) is 0 Å². The van der Waals surface area contributed by atoms with E-state index in [0.29, 0.717) is 0 Å². The van der Waals surface area contributed by atoms with Crippen LogP contribution in [0.3, 0.4) is 0 Å². The van der Waals surface area contributed by atoms with Crippen LogP contribution < -0.4 is 11.3 Å². The van der Waals surface area contributed by atoms with Crippen LogP contribution in [-0.4, -0.2) is 14.8 Å². The molecule has 3 N–H and O–H groups in total. The summed E-state index contributed by atoms with van der Waals surface area (Å²) in [5.41, 5.74) is 6.35. The summed E-state index contributed by atoms with van der Waals surface area (Å²) in [6, 6.07) is 2.27. The molecule has 2 rings (SSSR count). The molecule has 0 aliphatic carbocycles. The van der Waals surface area contributed by atoms with Crippen molar-refractivity contribution in [2.24, 2.45) is 5.84 Å². The van der Waals surface area contributed by atoms with E-state index in [9.17, 15) is 0 Å². The van der Waals surface area contributed by atoms with Crippen LogP contribution in [0, 0.1) is 13.8 Å². The van der Waals surface area contributed by atoms with Crippen LogP contribution in [0.2, 0.25) is 0 Å². The van der Waals surface area contributed by atoms with Crippen molar-refractivity contribution in [3.8, 4) is 0 Å². The van der Waals surface area contributed by atoms with Crippen LogP contribution in [0.1, 0.15) is 46.9 Å². The van der Waals surface area contributed by atoms with E-state index in [1.807, 2.05) is 13.8 Å². The first-order valence-electron chi connectivity index (χ1n) is 7.04. The lowest BCUT2D eigenvalue weighted by Gasteiger charge is -2.15. The summed E-state index contributed by atoms with van der Waals surface area (Å²) in [6.45, 7) is 9.19. The maximum atomic E-state index is 5.76. The Morgan fingerprint density at radius 3 is 2.65 bits per heavy atom. The van der Waals surface area contributed by atoms with Gasteiger partial charge in [0.25, 0.3) is 0 Å². The Bertz CT molecular complexity index is 572. The lowest BCUT2D eigenvalue weighted by atomic mass is 10.1. The maximum absolute atomic E-state index is 5.76. The third-order valence-corrected chi connectivity index (χ3v) is 4.63. The molecule has 0 saturated carbocycles. The molecule has 0 aromatic carbocycles. The zero-order valence-electron chi connectivity index (χ0n) is 12.6. The predicted octanol–water partition coefficient (Wildman–Crippen LogP) is 2.29. The molecule has 0 radical (unpaired) electrons. The Morgan fingerprint density at radius 2 is 2.15 bits per heavy atom. The number of nitrogens with one attached hydrogen (secondary N) is 1. The Balaban J connectivity index is 2.26. The fraction of sp³-hybridized carbons (Fsp3) is 0.571. The van der Waals surface area contributed by atoms with Crippen LogP contribution >= 0.6 is 11.3 Å². The number of hydrogen-bond acceptors (Lipinski definition) is 5. The van der Waals surface area contributed by atoms with Gasteiger partial charge in [0.15, 0.2) is 0 Å². The Hall–Kier alpha value is -1.24. The normalized spacial score (nSPS) is 12.8. The first kappa shape index (κ1) is 15.2. The van der Waals surface area contributed by atoms with Crippen molar-refractivity contribution in [3.05, 3.63) is 33.0 Å². The molecular weight excluding hydrogens is 270 g/mol. The quantitative estimate of drug-likeness (QED) is 0.633. The van der Waals surface area contributed by atoms with E-state index in [0.717, 1.165) is 35.8 Å². The molecule has 5 nitrogen and oxygen atoms in total. The van der Waals surface area contributed by atoms with Crippen molar-refractivity contribution in [3.63, 3.8) is 0 Å². The molecule has 6 heteroatoms. The highest BCUT2D eigenvalue weighted by Crippen LogP contribution is 2.27. The van der Waals surface area contributed by atoms with Gasteiger partial charge >= 0.3 is 0 Å². The molecule has 0 fully saturated rings. The second-order valence-electron chi connectivity index (χ2n) is 4.90. The van der Waals surface area contributed by atoms with E-state index in [4.69, 9.17) is 5.84 Å². The number of thiazole rings is 1. The number of hydrogen-bond donors (Lipinski definition) is 2. The molecule has 0 saturated heterocycles. The van der Waals surface area contributed by atoms with Gasteiger partial charge in [-0.05, 0) is 33.3 Å². The molecule has 1 atom stereocenters. The fourth-order valence-corrected chi connectivity index (χ4v) is 3.42. The first-order chi connectivity index (χ1) is 9.58. The van der Waals surface area contributed by atoms with Crippen LogP contribution in [0.15, 0.2) is 6.07 Å². The fourth-order valence-electron chi connectivity index (χ4n) is 2.43. The van der Waals surface area contributed by atoms with Gasteiger partial charge in [0.05, 0.1) is 22.4 Å². The van der Waals surface area contributed by atoms with Crippen LogP contribution in [0.5, 0.6) is 0 Å². The predicted molar refractivity (Wildman–Crippen MR) is 82.6 cm³/mol. The van der Waals surface area contributed by atoms with Crippen molar-refractivity contribution in [1.29, 1.82) is 0 Å². The van der Waals surface area contributed by atoms with E-state index in [1.54, 1.807) is 11.3 Å². The summed E-state index contributed by atoms with van der Waals surface area (Å²) in [4.78, 5) is 5.70. The van der Waals surface area contributed by atoms with Gasteiger partial charge in [0, 0.05) is 23.5 Å². The van der Waals surface area contributed by atoms with Gasteiger partial charge in [0.2, 0.25) is 0 Å². The number of aryl methyl sites for hydroxylation is 4. The van der Waals surface area contributed by atoms with Gasteiger partial charge in [0.1, 0.15) is 0 Å². The van der Waals surface area contributed by atoms with E-state index >= 15 is 0 Å². The van der Waals surface area contributed by atoms with Gasteiger partial charge in [-0.15, -0.1) is 11.3 Å². The average molecular weight is 293 g/mol. The standard InChI is InChI=1S/C14H23N5S/c1-5-11-7-12(19(6-2)18-11)8-13(17-15)14-9(3)16-10(4)20-14/h7,13,17H,5-6,8,15H2,1-4H3. The monoisotopic (exact) mass is 293 g/mol. The average Bonchev–Trinajstić information content (AvgIpc) is 2.98. The minimum atomic E-state index is 0.0907. The number of hydrazine groups is 1. The van der Waals surface area contributed by atoms with Crippen LogP contribution in [0.25, 0.3) is 0 Å². The van der Waals surface area contributed by atoms with Crippen molar-refractivity contribution < 1.29 is 0 Å². The zero-order valence-corrected chi connectivity index (χ0v) is 13.4. The van der Waals surface area contributed by atoms with Gasteiger partial charge in [-0.1, -0.05) is 6.92 Å². The van der Waals surface area contributed by atoms with E-state index in [2.05, 4.69) is 40.1 Å². The molecule has 1 unspecified atom stereocenters. The summed E-state index contributed by atoms with van der Waals surface area (Å²) in [7, 11) is 0. The molecule has 2 heterocycles. The van der Waals surface area contributed by atoms with Crippen molar-refractivity contribution in [2.75, 3.05) is 0 Å². The second-order valence-corrected chi connectivity index (χ2v) is 6.14. The third kappa shape index (κ3) is 3.08. The SMILES string of the molecule is CCc1cc(CC(NN)c2sc(C)nc2C)n(CC)n1. The minimum Gasteiger partial charge on any atom is -0.271 e. The summed E-state index contributed by atoms with van der Waals surface area (Å²) < 4.78 is 2.06. The molecule has 20 heavy (non-hydrogen) atoms. The summed E-state index contributed by atoms with van der Waals surface area (Å²) >= 11 is 1.71. The van der Waals surface area contributed by atoms with E-state index in [-0.39, 0.29) is 6.04 Å². The largest absolute Gasteiger partial charge is 0.271 e. The molecule has 0 spiro atoms.